The molecule has 8 heteroatoms. The molecule has 0 bridgehead atoms. The van der Waals surface area contributed by atoms with Crippen molar-refractivity contribution in [3.05, 3.63) is 93.0 Å². The number of carbonyl (C=O) groups is 1. The predicted octanol–water partition coefficient (Wildman–Crippen LogP) is 4.82. The number of amides is 1. The lowest BCUT2D eigenvalue weighted by Gasteiger charge is -2.10. The van der Waals surface area contributed by atoms with Crippen molar-refractivity contribution in [1.82, 2.24) is 0 Å². The maximum Gasteiger partial charge on any atom is 0.293 e. The topological polar surface area (TPSA) is 104 Å². The first-order valence-electron chi connectivity index (χ1n) is 8.30. The molecule has 0 atom stereocenters. The number of anilines is 2. The van der Waals surface area contributed by atoms with Crippen LogP contribution in [0.4, 0.5) is 17.1 Å². The summed E-state index contributed by atoms with van der Waals surface area (Å²) in [6, 6.07) is 17.4. The monoisotopic (exact) mass is 397 g/mol. The Balaban J connectivity index is 1.79. The molecule has 1 amide bonds. The van der Waals surface area contributed by atoms with Gasteiger partial charge in [-0.25, -0.2) is 0 Å². The lowest BCUT2D eigenvalue weighted by molar-refractivity contribution is -0.384. The van der Waals surface area contributed by atoms with Gasteiger partial charge in [0.05, 0.1) is 4.92 Å². The van der Waals surface area contributed by atoms with Crippen molar-refractivity contribution in [1.29, 1.82) is 0 Å². The zero-order valence-corrected chi connectivity index (χ0v) is 15.3. The molecule has 0 saturated heterocycles. The van der Waals surface area contributed by atoms with Gasteiger partial charge in [0, 0.05) is 35.0 Å². The van der Waals surface area contributed by atoms with E-state index < -0.39 is 10.8 Å². The van der Waals surface area contributed by atoms with E-state index in [2.05, 4.69) is 10.6 Å². The molecule has 3 N–H and O–H groups in total. The first-order chi connectivity index (χ1) is 13.4. The number of benzene rings is 3. The van der Waals surface area contributed by atoms with E-state index in [4.69, 9.17) is 11.6 Å². The van der Waals surface area contributed by atoms with Crippen molar-refractivity contribution in [2.45, 2.75) is 6.54 Å². The summed E-state index contributed by atoms with van der Waals surface area (Å²) >= 11 is 6.10. The minimum atomic E-state index is -0.555. The fourth-order valence-corrected chi connectivity index (χ4v) is 2.80. The molecule has 3 aromatic carbocycles. The molecule has 0 aliphatic carbocycles. The summed E-state index contributed by atoms with van der Waals surface area (Å²) in [5.74, 6) is -0.519. The largest absolute Gasteiger partial charge is 0.508 e. The lowest BCUT2D eigenvalue weighted by atomic mass is 10.1. The Morgan fingerprint density at radius 1 is 1.07 bits per heavy atom. The van der Waals surface area contributed by atoms with Crippen molar-refractivity contribution in [2.75, 3.05) is 10.6 Å². The van der Waals surface area contributed by atoms with Crippen LogP contribution in [0.3, 0.4) is 0 Å². The summed E-state index contributed by atoms with van der Waals surface area (Å²) in [5, 5.41) is 27.0. The number of nitro groups is 1. The van der Waals surface area contributed by atoms with Crippen LogP contribution in [0.25, 0.3) is 0 Å². The lowest BCUT2D eigenvalue weighted by Crippen LogP contribution is -2.12. The third-order valence-corrected chi connectivity index (χ3v) is 4.36. The summed E-state index contributed by atoms with van der Waals surface area (Å²) in [4.78, 5) is 23.3. The molecule has 0 fully saturated rings. The Morgan fingerprint density at radius 2 is 1.86 bits per heavy atom. The Bertz CT molecular complexity index is 1040. The number of halogens is 1. The standard InChI is InChI=1S/C20H16ClN3O4/c21-17-7-2-1-4-14(17)12-22-18-9-8-13(10-19(18)24(27)28)20(26)23-15-5-3-6-16(25)11-15/h1-11,22,25H,12H2,(H,23,26). The number of phenolic OH excluding ortho intramolecular Hbond substituents is 1. The normalized spacial score (nSPS) is 10.3. The number of rotatable bonds is 6. The van der Waals surface area contributed by atoms with Gasteiger partial charge in [-0.2, -0.15) is 0 Å². The van der Waals surface area contributed by atoms with Gasteiger partial charge in [0.2, 0.25) is 0 Å². The Morgan fingerprint density at radius 3 is 2.57 bits per heavy atom. The molecular formula is C20H16ClN3O4. The van der Waals surface area contributed by atoms with Crippen LogP contribution in [0.15, 0.2) is 66.7 Å². The first-order valence-corrected chi connectivity index (χ1v) is 8.68. The number of nitro benzene ring substituents is 1. The van der Waals surface area contributed by atoms with Crippen LogP contribution in [-0.4, -0.2) is 15.9 Å². The smallest absolute Gasteiger partial charge is 0.293 e. The van der Waals surface area contributed by atoms with Crippen LogP contribution in [0, 0.1) is 10.1 Å². The average Bonchev–Trinajstić information content (AvgIpc) is 2.67. The van der Waals surface area contributed by atoms with E-state index in [-0.39, 0.29) is 22.7 Å². The second-order valence-corrected chi connectivity index (χ2v) is 6.35. The molecule has 0 unspecified atom stereocenters. The third kappa shape index (κ3) is 4.57. The third-order valence-electron chi connectivity index (χ3n) is 3.99. The van der Waals surface area contributed by atoms with Crippen molar-refractivity contribution in [3.8, 4) is 5.75 Å². The van der Waals surface area contributed by atoms with Crippen LogP contribution in [-0.2, 0) is 6.54 Å². The molecule has 28 heavy (non-hydrogen) atoms. The Kier molecular flexibility index (Phi) is 5.76. The molecule has 142 valence electrons. The molecule has 0 radical (unpaired) electrons. The molecule has 0 saturated carbocycles. The molecule has 0 aromatic heterocycles. The fraction of sp³-hybridized carbons (Fsp3) is 0.0500. The van der Waals surface area contributed by atoms with Gasteiger partial charge in [0.1, 0.15) is 11.4 Å². The number of nitrogens with zero attached hydrogens (tertiary/aromatic N) is 1. The number of phenols is 1. The first kappa shape index (κ1) is 19.2. The number of carbonyl (C=O) groups excluding carboxylic acids is 1. The Hall–Kier alpha value is -3.58. The van der Waals surface area contributed by atoms with E-state index in [9.17, 15) is 20.0 Å². The van der Waals surface area contributed by atoms with Crippen LogP contribution >= 0.6 is 11.6 Å². The molecule has 3 rings (SSSR count). The molecule has 0 aliphatic heterocycles. The summed E-state index contributed by atoms with van der Waals surface area (Å²) in [6.45, 7) is 0.301. The number of nitrogens with one attached hydrogen (secondary N) is 2. The van der Waals surface area contributed by atoms with E-state index in [0.29, 0.717) is 17.3 Å². The number of hydrogen-bond donors (Lipinski definition) is 3. The van der Waals surface area contributed by atoms with Crippen molar-refractivity contribution in [3.63, 3.8) is 0 Å². The highest BCUT2D eigenvalue weighted by atomic mass is 35.5. The highest BCUT2D eigenvalue weighted by molar-refractivity contribution is 6.31. The minimum absolute atomic E-state index is 0.00269. The maximum atomic E-state index is 12.4. The average molecular weight is 398 g/mol. The van der Waals surface area contributed by atoms with Gasteiger partial charge < -0.3 is 15.7 Å². The van der Waals surface area contributed by atoms with Crippen LogP contribution < -0.4 is 10.6 Å². The molecule has 0 heterocycles. The molecule has 0 spiro atoms. The molecular weight excluding hydrogens is 382 g/mol. The second-order valence-electron chi connectivity index (χ2n) is 5.94. The molecule has 0 aliphatic rings. The SMILES string of the molecule is O=C(Nc1cccc(O)c1)c1ccc(NCc2ccccc2Cl)c([N+](=O)[O-])c1. The summed E-state index contributed by atoms with van der Waals surface area (Å²) < 4.78 is 0. The number of aromatic hydroxyl groups is 1. The van der Waals surface area contributed by atoms with Gasteiger partial charge in [-0.3, -0.25) is 14.9 Å². The van der Waals surface area contributed by atoms with Gasteiger partial charge in [-0.15, -0.1) is 0 Å². The summed E-state index contributed by atoms with van der Waals surface area (Å²) in [6.07, 6.45) is 0. The van der Waals surface area contributed by atoms with Crippen molar-refractivity contribution >= 4 is 34.6 Å². The van der Waals surface area contributed by atoms with E-state index in [0.717, 1.165) is 5.56 Å². The summed E-state index contributed by atoms with van der Waals surface area (Å²) in [5.41, 5.74) is 1.35. The van der Waals surface area contributed by atoms with Gasteiger partial charge in [0.25, 0.3) is 11.6 Å². The van der Waals surface area contributed by atoms with Crippen molar-refractivity contribution in [2.24, 2.45) is 0 Å². The minimum Gasteiger partial charge on any atom is -0.508 e. The number of hydrogen-bond acceptors (Lipinski definition) is 5. The summed E-state index contributed by atoms with van der Waals surface area (Å²) in [7, 11) is 0. The quantitative estimate of drug-likeness (QED) is 0.408. The van der Waals surface area contributed by atoms with Crippen LogP contribution in [0.1, 0.15) is 15.9 Å². The predicted molar refractivity (Wildman–Crippen MR) is 108 cm³/mol. The van der Waals surface area contributed by atoms with Crippen LogP contribution in [0.2, 0.25) is 5.02 Å². The van der Waals surface area contributed by atoms with Gasteiger partial charge in [0.15, 0.2) is 0 Å². The van der Waals surface area contributed by atoms with E-state index >= 15 is 0 Å². The van der Waals surface area contributed by atoms with Gasteiger partial charge >= 0.3 is 0 Å². The van der Waals surface area contributed by atoms with Gasteiger partial charge in [-0.1, -0.05) is 35.9 Å². The van der Waals surface area contributed by atoms with Gasteiger partial charge in [-0.05, 0) is 35.9 Å². The zero-order chi connectivity index (χ0) is 20.1. The second kappa shape index (κ2) is 8.41. The Labute approximate surface area is 165 Å². The van der Waals surface area contributed by atoms with E-state index in [1.807, 2.05) is 12.1 Å². The molecule has 3 aromatic rings. The maximum absolute atomic E-state index is 12.4. The van der Waals surface area contributed by atoms with Crippen molar-refractivity contribution < 1.29 is 14.8 Å². The van der Waals surface area contributed by atoms with E-state index in [1.54, 1.807) is 24.3 Å². The van der Waals surface area contributed by atoms with Crippen LogP contribution in [0.5, 0.6) is 5.75 Å². The highest BCUT2D eigenvalue weighted by Gasteiger charge is 2.18. The van der Waals surface area contributed by atoms with E-state index in [1.165, 1.54) is 30.3 Å². The fourth-order valence-electron chi connectivity index (χ4n) is 2.59. The highest BCUT2D eigenvalue weighted by Crippen LogP contribution is 2.27. The molecule has 7 nitrogen and oxygen atoms in total. The zero-order valence-electron chi connectivity index (χ0n) is 14.6.